The molecule has 0 aliphatic carbocycles. The standard InChI is InChI=1S/C11H9BrF4N2O3/c1-10(8(19)20,11(14,15)16)18-9(21)17-7-3-2-5(12)4-6(7)13/h2-4H,1H3,(H,19,20)(H2,17,18,21). The van der Waals surface area contributed by atoms with Gasteiger partial charge in [0.1, 0.15) is 5.82 Å². The average Bonchev–Trinajstić information content (AvgIpc) is 2.31. The van der Waals surface area contributed by atoms with Gasteiger partial charge in [-0.05, 0) is 25.1 Å². The highest BCUT2D eigenvalue weighted by Crippen LogP contribution is 2.30. The Bertz CT molecular complexity index is 579. The summed E-state index contributed by atoms with van der Waals surface area (Å²) < 4.78 is 51.8. The molecular weight excluding hydrogens is 364 g/mol. The number of hydrogen-bond acceptors (Lipinski definition) is 2. The number of benzene rings is 1. The minimum Gasteiger partial charge on any atom is -0.479 e. The van der Waals surface area contributed by atoms with Gasteiger partial charge in [0.15, 0.2) is 0 Å². The number of carboxylic acid groups (broad SMARTS) is 1. The van der Waals surface area contributed by atoms with Crippen molar-refractivity contribution in [3.8, 4) is 0 Å². The molecule has 0 fully saturated rings. The Morgan fingerprint density at radius 2 is 1.86 bits per heavy atom. The SMILES string of the molecule is CC(NC(=O)Nc1ccc(Br)cc1F)(C(=O)O)C(F)(F)F. The number of carbonyl (C=O) groups is 2. The van der Waals surface area contributed by atoms with Gasteiger partial charge in [-0.1, -0.05) is 15.9 Å². The summed E-state index contributed by atoms with van der Waals surface area (Å²) in [5, 5.41) is 11.7. The summed E-state index contributed by atoms with van der Waals surface area (Å²) in [6.07, 6.45) is -5.23. The molecule has 0 aliphatic heterocycles. The van der Waals surface area contributed by atoms with E-state index in [4.69, 9.17) is 5.11 Å². The number of hydrogen-bond donors (Lipinski definition) is 3. The Kier molecular flexibility index (Phi) is 4.82. The van der Waals surface area contributed by atoms with Crippen molar-refractivity contribution in [1.82, 2.24) is 5.32 Å². The van der Waals surface area contributed by atoms with E-state index in [2.05, 4.69) is 15.9 Å². The van der Waals surface area contributed by atoms with Crippen molar-refractivity contribution in [3.63, 3.8) is 0 Å². The lowest BCUT2D eigenvalue weighted by Gasteiger charge is -2.28. The number of urea groups is 1. The second kappa shape index (κ2) is 5.88. The average molecular weight is 373 g/mol. The van der Waals surface area contributed by atoms with E-state index in [0.29, 0.717) is 4.47 Å². The van der Waals surface area contributed by atoms with E-state index < -0.39 is 35.2 Å². The molecule has 0 heterocycles. The molecular formula is C11H9BrF4N2O3. The van der Waals surface area contributed by atoms with Gasteiger partial charge >= 0.3 is 18.2 Å². The van der Waals surface area contributed by atoms with Gasteiger partial charge in [-0.2, -0.15) is 13.2 Å². The van der Waals surface area contributed by atoms with Crippen LogP contribution in [0.15, 0.2) is 22.7 Å². The summed E-state index contributed by atoms with van der Waals surface area (Å²) in [6.45, 7) is 0.285. The predicted molar refractivity (Wildman–Crippen MR) is 68.4 cm³/mol. The normalized spacial score (nSPS) is 14.2. The third-order valence-electron chi connectivity index (χ3n) is 2.54. The molecule has 1 aromatic rings. The van der Waals surface area contributed by atoms with Crippen molar-refractivity contribution < 1.29 is 32.3 Å². The van der Waals surface area contributed by atoms with E-state index >= 15 is 0 Å². The van der Waals surface area contributed by atoms with Crippen LogP contribution in [0.25, 0.3) is 0 Å². The lowest BCUT2D eigenvalue weighted by Crippen LogP contribution is -2.62. The Morgan fingerprint density at radius 1 is 1.29 bits per heavy atom. The van der Waals surface area contributed by atoms with E-state index in [1.54, 1.807) is 0 Å². The minimum absolute atomic E-state index is 0.285. The molecule has 0 aromatic heterocycles. The zero-order chi connectivity index (χ0) is 16.4. The van der Waals surface area contributed by atoms with Crippen LogP contribution < -0.4 is 10.6 Å². The molecule has 1 unspecified atom stereocenters. The Balaban J connectivity index is 2.92. The van der Waals surface area contributed by atoms with Crippen molar-refractivity contribution >= 4 is 33.6 Å². The molecule has 116 valence electrons. The van der Waals surface area contributed by atoms with Gasteiger partial charge in [0, 0.05) is 4.47 Å². The van der Waals surface area contributed by atoms with E-state index in [0.717, 1.165) is 12.1 Å². The number of anilines is 1. The van der Waals surface area contributed by atoms with E-state index in [-0.39, 0.29) is 6.92 Å². The number of amides is 2. The highest BCUT2D eigenvalue weighted by molar-refractivity contribution is 9.10. The van der Waals surface area contributed by atoms with E-state index in [9.17, 15) is 27.2 Å². The first-order valence-electron chi connectivity index (χ1n) is 5.31. The van der Waals surface area contributed by atoms with Crippen LogP contribution in [0.4, 0.5) is 28.0 Å². The monoisotopic (exact) mass is 372 g/mol. The van der Waals surface area contributed by atoms with Crippen molar-refractivity contribution in [2.24, 2.45) is 0 Å². The summed E-state index contributed by atoms with van der Waals surface area (Å²) >= 11 is 2.96. The topological polar surface area (TPSA) is 78.4 Å². The molecule has 0 aliphatic rings. The molecule has 0 spiro atoms. The first-order valence-corrected chi connectivity index (χ1v) is 6.11. The lowest BCUT2D eigenvalue weighted by atomic mass is 10.0. The van der Waals surface area contributed by atoms with E-state index in [1.807, 2.05) is 5.32 Å². The van der Waals surface area contributed by atoms with Crippen LogP contribution in [-0.4, -0.2) is 28.8 Å². The first kappa shape index (κ1) is 17.2. The summed E-state index contributed by atoms with van der Waals surface area (Å²) in [7, 11) is 0. The molecule has 0 radical (unpaired) electrons. The highest BCUT2D eigenvalue weighted by atomic mass is 79.9. The quantitative estimate of drug-likeness (QED) is 0.713. The third-order valence-corrected chi connectivity index (χ3v) is 3.03. The van der Waals surface area contributed by atoms with Gasteiger partial charge in [-0.25, -0.2) is 14.0 Å². The molecule has 21 heavy (non-hydrogen) atoms. The molecule has 1 rings (SSSR count). The van der Waals surface area contributed by atoms with Crippen LogP contribution in [0.5, 0.6) is 0 Å². The fraction of sp³-hybridized carbons (Fsp3) is 0.273. The van der Waals surface area contributed by atoms with Crippen molar-refractivity contribution in [1.29, 1.82) is 0 Å². The van der Waals surface area contributed by atoms with Crippen LogP contribution in [-0.2, 0) is 4.79 Å². The molecule has 1 aromatic carbocycles. The molecule has 0 bridgehead atoms. The molecule has 10 heteroatoms. The van der Waals surface area contributed by atoms with Crippen molar-refractivity contribution in [2.75, 3.05) is 5.32 Å². The lowest BCUT2D eigenvalue weighted by molar-refractivity contribution is -0.203. The first-order chi connectivity index (χ1) is 9.47. The minimum atomic E-state index is -5.23. The summed E-state index contributed by atoms with van der Waals surface area (Å²) in [4.78, 5) is 22.2. The Hall–Kier alpha value is -1.84. The number of alkyl halides is 3. The van der Waals surface area contributed by atoms with Crippen LogP contribution >= 0.6 is 15.9 Å². The maximum atomic E-state index is 13.4. The Labute approximate surface area is 124 Å². The van der Waals surface area contributed by atoms with Gasteiger partial charge in [0.25, 0.3) is 0 Å². The molecule has 3 N–H and O–H groups in total. The molecule has 0 saturated carbocycles. The fourth-order valence-electron chi connectivity index (χ4n) is 1.22. The highest BCUT2D eigenvalue weighted by Gasteiger charge is 2.58. The molecule has 0 saturated heterocycles. The smallest absolute Gasteiger partial charge is 0.422 e. The summed E-state index contributed by atoms with van der Waals surface area (Å²) in [5.74, 6) is -3.19. The largest absolute Gasteiger partial charge is 0.479 e. The second-order valence-corrected chi connectivity index (χ2v) is 5.05. The number of nitrogens with one attached hydrogen (secondary N) is 2. The zero-order valence-electron chi connectivity index (χ0n) is 10.4. The van der Waals surface area contributed by atoms with Crippen molar-refractivity contribution in [3.05, 3.63) is 28.5 Å². The molecule has 2 amide bonds. The summed E-state index contributed by atoms with van der Waals surface area (Å²) in [6, 6.07) is 1.93. The van der Waals surface area contributed by atoms with Gasteiger partial charge in [-0.15, -0.1) is 0 Å². The number of halogens is 5. The number of carboxylic acids is 1. The van der Waals surface area contributed by atoms with Gasteiger partial charge in [0.2, 0.25) is 5.54 Å². The van der Waals surface area contributed by atoms with Gasteiger partial charge in [-0.3, -0.25) is 0 Å². The third kappa shape index (κ3) is 3.84. The second-order valence-electron chi connectivity index (χ2n) is 4.13. The van der Waals surface area contributed by atoms with Crippen molar-refractivity contribution in [2.45, 2.75) is 18.6 Å². The maximum absolute atomic E-state index is 13.4. The van der Waals surface area contributed by atoms with E-state index in [1.165, 1.54) is 11.4 Å². The number of rotatable bonds is 3. The Morgan fingerprint density at radius 3 is 2.29 bits per heavy atom. The zero-order valence-corrected chi connectivity index (χ0v) is 12.0. The van der Waals surface area contributed by atoms with Crippen LogP contribution in [0.3, 0.4) is 0 Å². The summed E-state index contributed by atoms with van der Waals surface area (Å²) in [5.41, 5.74) is -3.89. The number of carbonyl (C=O) groups excluding carboxylic acids is 1. The maximum Gasteiger partial charge on any atom is 0.422 e. The van der Waals surface area contributed by atoms with Gasteiger partial charge in [0.05, 0.1) is 5.69 Å². The number of aliphatic carboxylic acids is 1. The molecule has 5 nitrogen and oxygen atoms in total. The fourth-order valence-corrected chi connectivity index (χ4v) is 1.55. The van der Waals surface area contributed by atoms with Crippen LogP contribution in [0, 0.1) is 5.82 Å². The van der Waals surface area contributed by atoms with Gasteiger partial charge < -0.3 is 15.7 Å². The molecule has 1 atom stereocenters. The van der Waals surface area contributed by atoms with Crippen LogP contribution in [0.1, 0.15) is 6.92 Å². The predicted octanol–water partition coefficient (Wildman–Crippen LogP) is 3.12. The van der Waals surface area contributed by atoms with Crippen LogP contribution in [0.2, 0.25) is 0 Å².